The Labute approximate surface area is 136 Å². The molecule has 2 rings (SSSR count). The lowest BCUT2D eigenvalue weighted by molar-refractivity contribution is -0.114. The fourth-order valence-electron chi connectivity index (χ4n) is 2.10. The summed E-state index contributed by atoms with van der Waals surface area (Å²) < 4.78 is 27.4. The predicted octanol–water partition coefficient (Wildman–Crippen LogP) is 3.57. The van der Waals surface area contributed by atoms with Crippen molar-refractivity contribution in [2.75, 3.05) is 10.0 Å². The van der Waals surface area contributed by atoms with E-state index >= 15 is 0 Å². The fraction of sp³-hybridized carbons (Fsp3) is 0.235. The molecule has 2 aromatic carbocycles. The number of carbonyl (C=O) groups is 1. The highest BCUT2D eigenvalue weighted by Gasteiger charge is 2.14. The van der Waals surface area contributed by atoms with Crippen molar-refractivity contribution in [3.8, 4) is 0 Å². The fourth-order valence-corrected chi connectivity index (χ4v) is 3.15. The van der Waals surface area contributed by atoms with Crippen molar-refractivity contribution in [3.05, 3.63) is 54.1 Å². The molecule has 0 spiro atoms. The van der Waals surface area contributed by atoms with Crippen LogP contribution in [0.4, 0.5) is 11.4 Å². The van der Waals surface area contributed by atoms with E-state index in [1.54, 1.807) is 18.2 Å². The van der Waals surface area contributed by atoms with Crippen LogP contribution in [0.15, 0.2) is 53.4 Å². The topological polar surface area (TPSA) is 75.3 Å². The van der Waals surface area contributed by atoms with Crippen molar-refractivity contribution in [3.63, 3.8) is 0 Å². The zero-order valence-corrected chi connectivity index (χ0v) is 14.1. The Morgan fingerprint density at radius 1 is 1.00 bits per heavy atom. The first-order chi connectivity index (χ1) is 10.8. The Morgan fingerprint density at radius 2 is 1.65 bits per heavy atom. The number of hydrogen-bond donors (Lipinski definition) is 2. The predicted molar refractivity (Wildman–Crippen MR) is 92.1 cm³/mol. The summed E-state index contributed by atoms with van der Waals surface area (Å²) in [6.07, 6.45) is 0. The Kier molecular flexibility index (Phi) is 5.05. The molecule has 0 fully saturated rings. The molecule has 5 nitrogen and oxygen atoms in total. The average molecular weight is 332 g/mol. The summed E-state index contributed by atoms with van der Waals surface area (Å²) in [6.45, 7) is 5.50. The van der Waals surface area contributed by atoms with Crippen molar-refractivity contribution in [1.29, 1.82) is 0 Å². The zero-order chi connectivity index (χ0) is 17.0. The van der Waals surface area contributed by atoms with E-state index in [2.05, 4.69) is 10.0 Å². The van der Waals surface area contributed by atoms with Gasteiger partial charge < -0.3 is 5.32 Å². The van der Waals surface area contributed by atoms with Gasteiger partial charge in [0.05, 0.1) is 4.90 Å². The maximum absolute atomic E-state index is 12.4. The average Bonchev–Trinajstić information content (AvgIpc) is 2.47. The van der Waals surface area contributed by atoms with Gasteiger partial charge in [0.1, 0.15) is 0 Å². The monoisotopic (exact) mass is 332 g/mol. The summed E-state index contributed by atoms with van der Waals surface area (Å²) in [6, 6.07) is 13.4. The lowest BCUT2D eigenvalue weighted by Gasteiger charge is -2.11. The minimum absolute atomic E-state index is 0.140. The van der Waals surface area contributed by atoms with Gasteiger partial charge >= 0.3 is 0 Å². The number of amides is 1. The zero-order valence-electron chi connectivity index (χ0n) is 13.3. The number of benzene rings is 2. The number of carbonyl (C=O) groups excluding carboxylic acids is 1. The molecule has 0 saturated heterocycles. The summed E-state index contributed by atoms with van der Waals surface area (Å²) >= 11 is 0. The maximum Gasteiger partial charge on any atom is 0.261 e. The van der Waals surface area contributed by atoms with Crippen molar-refractivity contribution < 1.29 is 13.2 Å². The SMILES string of the molecule is CC(=O)Nc1ccc(S(=O)(=O)Nc2cccc(C(C)C)c2)cc1. The molecule has 0 aliphatic rings. The number of hydrogen-bond acceptors (Lipinski definition) is 3. The maximum atomic E-state index is 12.4. The molecular formula is C17H20N2O3S. The minimum Gasteiger partial charge on any atom is -0.326 e. The standard InChI is InChI=1S/C17H20N2O3S/c1-12(2)14-5-4-6-16(11-14)19-23(21,22)17-9-7-15(8-10-17)18-13(3)20/h4-12,19H,1-3H3,(H,18,20). The van der Waals surface area contributed by atoms with Crippen molar-refractivity contribution in [2.24, 2.45) is 0 Å². The number of rotatable bonds is 5. The van der Waals surface area contributed by atoms with Gasteiger partial charge in [0.2, 0.25) is 5.91 Å². The summed E-state index contributed by atoms with van der Waals surface area (Å²) in [5.74, 6) is 0.112. The van der Waals surface area contributed by atoms with Gasteiger partial charge in [0, 0.05) is 18.3 Å². The Hall–Kier alpha value is -2.34. The van der Waals surface area contributed by atoms with E-state index in [0.29, 0.717) is 17.3 Å². The minimum atomic E-state index is -3.66. The summed E-state index contributed by atoms with van der Waals surface area (Å²) in [5, 5.41) is 2.60. The van der Waals surface area contributed by atoms with E-state index in [1.165, 1.54) is 19.1 Å². The van der Waals surface area contributed by atoms with Crippen LogP contribution in [0.3, 0.4) is 0 Å². The summed E-state index contributed by atoms with van der Waals surface area (Å²) in [5.41, 5.74) is 2.14. The van der Waals surface area contributed by atoms with E-state index in [9.17, 15) is 13.2 Å². The second kappa shape index (κ2) is 6.83. The van der Waals surface area contributed by atoms with E-state index in [0.717, 1.165) is 5.56 Å². The van der Waals surface area contributed by atoms with E-state index in [1.807, 2.05) is 32.0 Å². The van der Waals surface area contributed by atoms with Crippen LogP contribution in [0.2, 0.25) is 0 Å². The lowest BCUT2D eigenvalue weighted by Crippen LogP contribution is -2.13. The van der Waals surface area contributed by atoms with Gasteiger partial charge in [-0.25, -0.2) is 8.42 Å². The highest BCUT2D eigenvalue weighted by atomic mass is 32.2. The largest absolute Gasteiger partial charge is 0.326 e. The van der Waals surface area contributed by atoms with Crippen LogP contribution in [-0.2, 0) is 14.8 Å². The first kappa shape index (κ1) is 17.0. The molecule has 0 saturated carbocycles. The highest BCUT2D eigenvalue weighted by Crippen LogP contribution is 2.22. The van der Waals surface area contributed by atoms with Crippen LogP contribution in [0.25, 0.3) is 0 Å². The molecule has 2 N–H and O–H groups in total. The van der Waals surface area contributed by atoms with Crippen LogP contribution in [-0.4, -0.2) is 14.3 Å². The quantitative estimate of drug-likeness (QED) is 0.879. The van der Waals surface area contributed by atoms with Crippen LogP contribution < -0.4 is 10.0 Å². The van der Waals surface area contributed by atoms with Crippen LogP contribution in [0, 0.1) is 0 Å². The van der Waals surface area contributed by atoms with Gasteiger partial charge in [-0.15, -0.1) is 0 Å². The van der Waals surface area contributed by atoms with Crippen LogP contribution in [0.1, 0.15) is 32.3 Å². The third-order valence-corrected chi connectivity index (χ3v) is 4.69. The van der Waals surface area contributed by atoms with Gasteiger partial charge in [-0.3, -0.25) is 9.52 Å². The Balaban J connectivity index is 2.21. The lowest BCUT2D eigenvalue weighted by atomic mass is 10.0. The molecule has 23 heavy (non-hydrogen) atoms. The van der Waals surface area contributed by atoms with Gasteiger partial charge in [0.25, 0.3) is 10.0 Å². The normalized spacial score (nSPS) is 11.3. The molecule has 0 bridgehead atoms. The molecule has 0 unspecified atom stereocenters. The molecule has 1 amide bonds. The molecule has 0 heterocycles. The third kappa shape index (κ3) is 4.56. The Morgan fingerprint density at radius 3 is 2.22 bits per heavy atom. The molecule has 2 aromatic rings. The van der Waals surface area contributed by atoms with E-state index in [4.69, 9.17) is 0 Å². The van der Waals surface area contributed by atoms with Crippen molar-refractivity contribution in [2.45, 2.75) is 31.6 Å². The molecule has 0 radical (unpaired) electrons. The second-order valence-corrected chi connectivity index (χ2v) is 7.27. The molecule has 6 heteroatoms. The van der Waals surface area contributed by atoms with Crippen LogP contribution in [0.5, 0.6) is 0 Å². The molecular weight excluding hydrogens is 312 g/mol. The number of sulfonamides is 1. The first-order valence-electron chi connectivity index (χ1n) is 7.28. The second-order valence-electron chi connectivity index (χ2n) is 5.59. The third-order valence-electron chi connectivity index (χ3n) is 3.29. The van der Waals surface area contributed by atoms with Crippen molar-refractivity contribution in [1.82, 2.24) is 0 Å². The molecule has 0 aliphatic carbocycles. The van der Waals surface area contributed by atoms with Crippen LogP contribution >= 0.6 is 0 Å². The van der Waals surface area contributed by atoms with Gasteiger partial charge in [0.15, 0.2) is 0 Å². The first-order valence-corrected chi connectivity index (χ1v) is 8.76. The smallest absolute Gasteiger partial charge is 0.261 e. The molecule has 0 aromatic heterocycles. The van der Waals surface area contributed by atoms with E-state index < -0.39 is 10.0 Å². The van der Waals surface area contributed by atoms with Gasteiger partial charge in [-0.1, -0.05) is 26.0 Å². The number of anilines is 2. The molecule has 122 valence electrons. The van der Waals surface area contributed by atoms with E-state index in [-0.39, 0.29) is 10.8 Å². The van der Waals surface area contributed by atoms with Crippen molar-refractivity contribution >= 4 is 27.3 Å². The van der Waals surface area contributed by atoms with Gasteiger partial charge in [-0.2, -0.15) is 0 Å². The molecule has 0 aliphatic heterocycles. The summed E-state index contributed by atoms with van der Waals surface area (Å²) in [7, 11) is -3.66. The molecule has 0 atom stereocenters. The Bertz CT molecular complexity index is 797. The summed E-state index contributed by atoms with van der Waals surface area (Å²) in [4.78, 5) is 11.1. The van der Waals surface area contributed by atoms with Gasteiger partial charge in [-0.05, 0) is 47.9 Å². The highest BCUT2D eigenvalue weighted by molar-refractivity contribution is 7.92. The number of nitrogens with one attached hydrogen (secondary N) is 2.